The summed E-state index contributed by atoms with van der Waals surface area (Å²) in [7, 11) is 0. The summed E-state index contributed by atoms with van der Waals surface area (Å²) in [6, 6.07) is 10.2. The molecule has 0 saturated carbocycles. The maximum Gasteiger partial charge on any atom is 0.206 e. The lowest BCUT2D eigenvalue weighted by Crippen LogP contribution is -2.07. The van der Waals surface area contributed by atoms with Crippen molar-refractivity contribution in [2.75, 3.05) is 18.5 Å². The Bertz CT molecular complexity index is 558. The summed E-state index contributed by atoms with van der Waals surface area (Å²) in [6.07, 6.45) is 6.67. The first kappa shape index (κ1) is 12.1. The van der Waals surface area contributed by atoms with Crippen LogP contribution in [0.15, 0.2) is 36.5 Å². The monoisotopic (exact) mass is 239 g/mol. The lowest BCUT2D eigenvalue weighted by molar-refractivity contribution is 0.311. The van der Waals surface area contributed by atoms with Crippen molar-refractivity contribution in [3.05, 3.63) is 42.4 Å². The Kier molecular flexibility index (Phi) is 3.90. The van der Waals surface area contributed by atoms with Crippen LogP contribution in [-0.4, -0.2) is 28.2 Å². The van der Waals surface area contributed by atoms with E-state index in [2.05, 4.69) is 45.5 Å². The van der Waals surface area contributed by atoms with Gasteiger partial charge in [-0.15, -0.1) is 6.42 Å². The third kappa shape index (κ3) is 3.30. The Hall–Kier alpha value is -2.38. The maximum absolute atomic E-state index is 8.51. The van der Waals surface area contributed by atoms with E-state index in [1.807, 2.05) is 0 Å². The van der Waals surface area contributed by atoms with Crippen LogP contribution in [0.5, 0.6) is 0 Å². The molecule has 0 saturated heterocycles. The molecule has 3 rings (SSSR count). The highest BCUT2D eigenvalue weighted by molar-refractivity contribution is 5.80. The van der Waals surface area contributed by atoms with Crippen molar-refractivity contribution in [1.29, 1.82) is 0 Å². The molecule has 0 bridgehead atoms. The highest BCUT2D eigenvalue weighted by Crippen LogP contribution is 2.32. The van der Waals surface area contributed by atoms with Gasteiger partial charge in [0.25, 0.3) is 0 Å². The molecule has 90 valence electrons. The fraction of sp³-hybridized carbons (Fsp3) is 0.143. The van der Waals surface area contributed by atoms with Crippen LogP contribution in [0.3, 0.4) is 0 Å². The van der Waals surface area contributed by atoms with Gasteiger partial charge in [0.1, 0.15) is 5.82 Å². The summed E-state index contributed by atoms with van der Waals surface area (Å²) in [5, 5.41) is 11.4. The Morgan fingerprint density at radius 3 is 2.56 bits per heavy atom. The topological polar surface area (TPSA) is 58.0 Å². The molecule has 1 aromatic rings. The van der Waals surface area contributed by atoms with E-state index in [9.17, 15) is 0 Å². The molecule has 0 aliphatic heterocycles. The molecule has 1 aromatic heterocycles. The number of anilines is 1. The number of fused-ring (bicyclic) bond motifs is 1. The second-order valence-corrected chi connectivity index (χ2v) is 3.64. The highest BCUT2D eigenvalue weighted by atomic mass is 16.3. The van der Waals surface area contributed by atoms with Crippen LogP contribution in [0.2, 0.25) is 0 Å². The van der Waals surface area contributed by atoms with E-state index >= 15 is 0 Å². The molecule has 0 atom stereocenters. The van der Waals surface area contributed by atoms with Crippen LogP contribution < -0.4 is 5.32 Å². The van der Waals surface area contributed by atoms with Crippen molar-refractivity contribution in [1.82, 2.24) is 9.97 Å². The van der Waals surface area contributed by atoms with Crippen LogP contribution in [-0.2, 0) is 0 Å². The normalized spacial score (nSPS) is 9.78. The van der Waals surface area contributed by atoms with E-state index in [0.717, 1.165) is 0 Å². The number of benzene rings is 1. The second kappa shape index (κ2) is 5.80. The van der Waals surface area contributed by atoms with Gasteiger partial charge in [0, 0.05) is 12.7 Å². The molecule has 0 unspecified atom stereocenters. The second-order valence-electron chi connectivity index (χ2n) is 3.64. The molecule has 0 fully saturated rings. The van der Waals surface area contributed by atoms with Gasteiger partial charge in [-0.1, -0.05) is 18.2 Å². The van der Waals surface area contributed by atoms with E-state index in [4.69, 9.17) is 11.5 Å². The molecule has 4 heteroatoms. The summed E-state index contributed by atoms with van der Waals surface area (Å²) in [4.78, 5) is 7.78. The SMILES string of the molecule is C#Cc1nccc(NCCO)n1.c1cc2cc-2c1. The zero-order valence-electron chi connectivity index (χ0n) is 9.80. The molecule has 2 aliphatic carbocycles. The van der Waals surface area contributed by atoms with Crippen molar-refractivity contribution in [3.63, 3.8) is 0 Å². The quantitative estimate of drug-likeness (QED) is 0.680. The standard InChI is InChI=1S/C8H9N3O.C6H4/c1-2-7-9-4-3-8(11-7)10-5-6-12;1-2-5-4-6(5)3-1/h1,3-4,12H,5-6H2,(H,9,10,11);1-4H. The van der Waals surface area contributed by atoms with Gasteiger partial charge in [0.2, 0.25) is 5.82 Å². The number of aromatic nitrogens is 2. The summed E-state index contributed by atoms with van der Waals surface area (Å²) in [5.41, 5.74) is 2.85. The first-order chi connectivity index (χ1) is 8.83. The fourth-order valence-electron chi connectivity index (χ4n) is 1.39. The van der Waals surface area contributed by atoms with Crippen molar-refractivity contribution in [3.8, 4) is 23.5 Å². The van der Waals surface area contributed by atoms with E-state index in [1.54, 1.807) is 12.3 Å². The predicted molar refractivity (Wildman–Crippen MR) is 71.0 cm³/mol. The van der Waals surface area contributed by atoms with Gasteiger partial charge in [-0.3, -0.25) is 0 Å². The predicted octanol–water partition coefficient (Wildman–Crippen LogP) is 1.53. The van der Waals surface area contributed by atoms with Gasteiger partial charge in [-0.2, -0.15) is 0 Å². The number of hydrogen-bond donors (Lipinski definition) is 2. The molecule has 2 aliphatic rings. The van der Waals surface area contributed by atoms with Crippen LogP contribution >= 0.6 is 0 Å². The molecule has 0 spiro atoms. The van der Waals surface area contributed by atoms with Gasteiger partial charge in [-0.25, -0.2) is 9.97 Å². The average molecular weight is 239 g/mol. The average Bonchev–Trinajstić information content (AvgIpc) is 3.04. The Morgan fingerprint density at radius 1 is 1.28 bits per heavy atom. The van der Waals surface area contributed by atoms with Gasteiger partial charge in [-0.05, 0) is 29.2 Å². The Morgan fingerprint density at radius 2 is 2.06 bits per heavy atom. The van der Waals surface area contributed by atoms with Gasteiger partial charge in [0.15, 0.2) is 0 Å². The minimum atomic E-state index is 0.0649. The smallest absolute Gasteiger partial charge is 0.206 e. The van der Waals surface area contributed by atoms with Crippen molar-refractivity contribution in [2.24, 2.45) is 0 Å². The number of rotatable bonds is 3. The Balaban J connectivity index is 0.000000164. The Labute approximate surface area is 106 Å². The zero-order valence-corrected chi connectivity index (χ0v) is 9.80. The summed E-state index contributed by atoms with van der Waals surface area (Å²) < 4.78 is 0. The summed E-state index contributed by atoms with van der Waals surface area (Å²) in [5.74, 6) is 3.30. The third-order valence-corrected chi connectivity index (χ3v) is 2.32. The lowest BCUT2D eigenvalue weighted by atomic mass is 10.5. The first-order valence-corrected chi connectivity index (χ1v) is 5.58. The molecule has 18 heavy (non-hydrogen) atoms. The van der Waals surface area contributed by atoms with Crippen LogP contribution in [0.1, 0.15) is 5.82 Å². The highest BCUT2D eigenvalue weighted by Gasteiger charge is 2.06. The number of aliphatic hydroxyl groups is 1. The molecule has 0 radical (unpaired) electrons. The maximum atomic E-state index is 8.51. The van der Waals surface area contributed by atoms with Gasteiger partial charge in [0.05, 0.1) is 6.61 Å². The molecular formula is C14H13N3O. The molecule has 1 heterocycles. The number of terminal acetylenes is 1. The molecule has 0 amide bonds. The van der Waals surface area contributed by atoms with E-state index in [1.165, 1.54) is 11.1 Å². The van der Waals surface area contributed by atoms with Crippen molar-refractivity contribution < 1.29 is 5.11 Å². The molecule has 4 nitrogen and oxygen atoms in total. The van der Waals surface area contributed by atoms with Crippen LogP contribution in [0.25, 0.3) is 11.1 Å². The van der Waals surface area contributed by atoms with E-state index < -0.39 is 0 Å². The van der Waals surface area contributed by atoms with E-state index in [0.29, 0.717) is 18.2 Å². The van der Waals surface area contributed by atoms with Gasteiger partial charge >= 0.3 is 0 Å². The fourth-order valence-corrected chi connectivity index (χ4v) is 1.39. The van der Waals surface area contributed by atoms with Crippen LogP contribution in [0.4, 0.5) is 5.82 Å². The first-order valence-electron chi connectivity index (χ1n) is 5.58. The van der Waals surface area contributed by atoms with E-state index in [-0.39, 0.29) is 6.61 Å². The van der Waals surface area contributed by atoms with Crippen LogP contribution in [0, 0.1) is 12.3 Å². The summed E-state index contributed by atoms with van der Waals surface area (Å²) in [6.45, 7) is 0.524. The minimum Gasteiger partial charge on any atom is -0.395 e. The molecule has 2 N–H and O–H groups in total. The van der Waals surface area contributed by atoms with Crippen molar-refractivity contribution in [2.45, 2.75) is 0 Å². The summed E-state index contributed by atoms with van der Waals surface area (Å²) >= 11 is 0. The van der Waals surface area contributed by atoms with Crippen molar-refractivity contribution >= 4 is 5.82 Å². The number of aliphatic hydroxyl groups excluding tert-OH is 1. The largest absolute Gasteiger partial charge is 0.395 e. The lowest BCUT2D eigenvalue weighted by Gasteiger charge is -2.01. The third-order valence-electron chi connectivity index (χ3n) is 2.32. The number of nitrogens with one attached hydrogen (secondary N) is 1. The minimum absolute atomic E-state index is 0.0649. The number of hydrogen-bond acceptors (Lipinski definition) is 4. The molecule has 0 aromatic carbocycles. The number of nitrogens with zero attached hydrogens (tertiary/aromatic N) is 2. The van der Waals surface area contributed by atoms with Gasteiger partial charge < -0.3 is 10.4 Å². The molecular weight excluding hydrogens is 226 g/mol. The zero-order chi connectivity index (χ0) is 12.8.